The number of rotatable bonds is 9. The Kier molecular flexibility index (Phi) is 6.89. The van der Waals surface area contributed by atoms with Crippen molar-refractivity contribution in [3.05, 3.63) is 112 Å². The normalized spacial score (nSPS) is 13.6. The molecule has 2 amide bonds. The molecule has 4 aromatic rings. The molecule has 182 valence electrons. The zero-order valence-electron chi connectivity index (χ0n) is 19.9. The van der Waals surface area contributed by atoms with Crippen LogP contribution in [0.5, 0.6) is 0 Å². The van der Waals surface area contributed by atoms with E-state index in [1.807, 2.05) is 77.7 Å². The van der Waals surface area contributed by atoms with Crippen LogP contribution in [-0.4, -0.2) is 39.8 Å². The fourth-order valence-electron chi connectivity index (χ4n) is 4.74. The lowest BCUT2D eigenvalue weighted by atomic mass is 9.98. The number of H-pyrrole nitrogens is 1. The topological polar surface area (TPSA) is 95.2 Å². The van der Waals surface area contributed by atoms with E-state index in [1.165, 1.54) is 0 Å². The molecule has 0 unspecified atom stereocenters. The third-order valence-electron chi connectivity index (χ3n) is 6.63. The molecule has 0 saturated heterocycles. The van der Waals surface area contributed by atoms with Crippen molar-refractivity contribution in [1.82, 2.24) is 20.2 Å². The minimum absolute atomic E-state index is 0.0214. The van der Waals surface area contributed by atoms with Gasteiger partial charge in [-0.2, -0.15) is 0 Å². The molecule has 5 rings (SSSR count). The van der Waals surface area contributed by atoms with Crippen molar-refractivity contribution in [3.63, 3.8) is 0 Å². The fourth-order valence-corrected chi connectivity index (χ4v) is 4.74. The summed E-state index contributed by atoms with van der Waals surface area (Å²) in [6, 6.07) is 24.9. The van der Waals surface area contributed by atoms with E-state index in [-0.39, 0.29) is 23.3 Å². The molecule has 2 N–H and O–H groups in total. The minimum Gasteiger partial charge on any atom is -0.355 e. The Bertz CT molecular complexity index is 1450. The van der Waals surface area contributed by atoms with Gasteiger partial charge in [0, 0.05) is 44.0 Å². The molecule has 0 bridgehead atoms. The SMILES string of the molecule is O=C(CCCc1nc2ccccc2c(=O)[nH]1)NC[C@@H](CN1Cc2ccccc2C1=O)c1ccccc1. The number of benzene rings is 3. The average Bonchev–Trinajstić information content (AvgIpc) is 3.22. The van der Waals surface area contributed by atoms with E-state index >= 15 is 0 Å². The monoisotopic (exact) mass is 480 g/mol. The lowest BCUT2D eigenvalue weighted by Gasteiger charge is -2.24. The van der Waals surface area contributed by atoms with E-state index in [4.69, 9.17) is 0 Å². The molecule has 0 spiro atoms. The number of para-hydroxylation sites is 1. The predicted octanol–water partition coefficient (Wildman–Crippen LogP) is 3.80. The number of carbonyl (C=O) groups excluding carboxylic acids is 2. The van der Waals surface area contributed by atoms with Gasteiger partial charge in [-0.05, 0) is 35.7 Å². The zero-order valence-corrected chi connectivity index (χ0v) is 19.9. The van der Waals surface area contributed by atoms with Crippen molar-refractivity contribution < 1.29 is 9.59 Å². The van der Waals surface area contributed by atoms with Crippen molar-refractivity contribution in [1.29, 1.82) is 0 Å². The highest BCUT2D eigenvalue weighted by molar-refractivity contribution is 5.98. The molecule has 7 nitrogen and oxygen atoms in total. The molecule has 3 aromatic carbocycles. The van der Waals surface area contributed by atoms with Gasteiger partial charge >= 0.3 is 0 Å². The predicted molar refractivity (Wildman–Crippen MR) is 139 cm³/mol. The summed E-state index contributed by atoms with van der Waals surface area (Å²) in [5, 5.41) is 3.61. The largest absolute Gasteiger partial charge is 0.355 e. The Balaban J connectivity index is 1.18. The van der Waals surface area contributed by atoms with E-state index in [0.29, 0.717) is 55.6 Å². The van der Waals surface area contributed by atoms with E-state index in [9.17, 15) is 14.4 Å². The third-order valence-corrected chi connectivity index (χ3v) is 6.63. The molecule has 7 heteroatoms. The second-order valence-corrected chi connectivity index (χ2v) is 9.14. The lowest BCUT2D eigenvalue weighted by Crippen LogP contribution is -2.35. The first-order chi connectivity index (χ1) is 17.6. The molecule has 1 aromatic heterocycles. The van der Waals surface area contributed by atoms with E-state index in [2.05, 4.69) is 15.3 Å². The Morgan fingerprint density at radius 1 is 0.972 bits per heavy atom. The minimum atomic E-state index is -0.163. The Hall–Kier alpha value is -4.26. The molecule has 1 atom stereocenters. The average molecular weight is 481 g/mol. The summed E-state index contributed by atoms with van der Waals surface area (Å²) in [7, 11) is 0. The highest BCUT2D eigenvalue weighted by Crippen LogP contribution is 2.26. The Morgan fingerprint density at radius 3 is 2.56 bits per heavy atom. The van der Waals surface area contributed by atoms with Crippen molar-refractivity contribution in [2.75, 3.05) is 13.1 Å². The van der Waals surface area contributed by atoms with Crippen molar-refractivity contribution in [2.45, 2.75) is 31.7 Å². The van der Waals surface area contributed by atoms with E-state index in [1.54, 1.807) is 6.07 Å². The van der Waals surface area contributed by atoms with E-state index < -0.39 is 0 Å². The number of amides is 2. The second kappa shape index (κ2) is 10.6. The molecule has 0 radical (unpaired) electrons. The first-order valence-electron chi connectivity index (χ1n) is 12.3. The van der Waals surface area contributed by atoms with Gasteiger partial charge in [0.2, 0.25) is 5.91 Å². The molecular formula is C29H28N4O3. The first-order valence-corrected chi connectivity index (χ1v) is 12.3. The molecule has 2 heterocycles. The quantitative estimate of drug-likeness (QED) is 0.381. The van der Waals surface area contributed by atoms with Gasteiger partial charge in [-0.1, -0.05) is 60.7 Å². The first kappa shape index (κ1) is 23.5. The van der Waals surface area contributed by atoms with Gasteiger partial charge in [0.25, 0.3) is 11.5 Å². The summed E-state index contributed by atoms with van der Waals surface area (Å²) in [5.74, 6) is 0.539. The van der Waals surface area contributed by atoms with Gasteiger partial charge in [-0.15, -0.1) is 0 Å². The maximum atomic E-state index is 12.9. The number of aromatic amines is 1. The van der Waals surface area contributed by atoms with Gasteiger partial charge in [0.1, 0.15) is 5.82 Å². The molecule has 36 heavy (non-hydrogen) atoms. The Morgan fingerprint density at radius 2 is 1.72 bits per heavy atom. The number of carbonyl (C=O) groups is 2. The molecule has 1 aliphatic rings. The maximum absolute atomic E-state index is 12.9. The number of nitrogens with one attached hydrogen (secondary N) is 2. The van der Waals surface area contributed by atoms with E-state index in [0.717, 1.165) is 16.7 Å². The molecule has 0 aliphatic carbocycles. The summed E-state index contributed by atoms with van der Waals surface area (Å²) >= 11 is 0. The van der Waals surface area contributed by atoms with Crippen molar-refractivity contribution in [3.8, 4) is 0 Å². The van der Waals surface area contributed by atoms with Gasteiger partial charge in [0.15, 0.2) is 0 Å². The van der Waals surface area contributed by atoms with Gasteiger partial charge in [-0.3, -0.25) is 14.4 Å². The van der Waals surface area contributed by atoms with Crippen LogP contribution < -0.4 is 10.9 Å². The summed E-state index contributed by atoms with van der Waals surface area (Å²) < 4.78 is 0. The number of nitrogens with zero attached hydrogens (tertiary/aromatic N) is 2. The van der Waals surface area contributed by atoms with Gasteiger partial charge in [-0.25, -0.2) is 4.98 Å². The van der Waals surface area contributed by atoms with Crippen LogP contribution in [0.3, 0.4) is 0 Å². The lowest BCUT2D eigenvalue weighted by molar-refractivity contribution is -0.121. The Labute approximate surface area is 209 Å². The van der Waals surface area contributed by atoms with Gasteiger partial charge in [0.05, 0.1) is 10.9 Å². The summed E-state index contributed by atoms with van der Waals surface area (Å²) in [6.07, 6.45) is 1.41. The highest BCUT2D eigenvalue weighted by atomic mass is 16.2. The molecular weight excluding hydrogens is 452 g/mol. The van der Waals surface area contributed by atoms with Crippen LogP contribution in [0.1, 0.15) is 46.1 Å². The van der Waals surface area contributed by atoms with Crippen LogP contribution in [0.15, 0.2) is 83.7 Å². The van der Waals surface area contributed by atoms with Crippen LogP contribution in [-0.2, 0) is 17.8 Å². The standard InChI is InChI=1S/C29H28N4O3/c34-27(16-8-15-26-31-25-14-7-6-13-24(25)28(35)32-26)30-17-22(20-9-2-1-3-10-20)19-33-18-21-11-4-5-12-23(21)29(33)36/h1-7,9-14,22H,8,15-19H2,(H,30,34)(H,31,32,35)/t22-/m0/s1. The maximum Gasteiger partial charge on any atom is 0.258 e. The second-order valence-electron chi connectivity index (χ2n) is 9.14. The highest BCUT2D eigenvalue weighted by Gasteiger charge is 2.29. The number of aryl methyl sites for hydroxylation is 1. The zero-order chi connectivity index (χ0) is 24.9. The van der Waals surface area contributed by atoms with Crippen LogP contribution >= 0.6 is 0 Å². The fraction of sp³-hybridized carbons (Fsp3) is 0.241. The third kappa shape index (κ3) is 5.20. The van der Waals surface area contributed by atoms with Crippen LogP contribution in [0.2, 0.25) is 0 Å². The summed E-state index contributed by atoms with van der Waals surface area (Å²) in [5.41, 5.74) is 3.38. The van der Waals surface area contributed by atoms with Crippen LogP contribution in [0, 0.1) is 0 Å². The van der Waals surface area contributed by atoms with Crippen LogP contribution in [0.25, 0.3) is 10.9 Å². The smallest absolute Gasteiger partial charge is 0.258 e. The molecule has 1 aliphatic heterocycles. The molecule has 0 fully saturated rings. The van der Waals surface area contributed by atoms with Crippen molar-refractivity contribution >= 4 is 22.7 Å². The number of hydrogen-bond donors (Lipinski definition) is 2. The number of hydrogen-bond acceptors (Lipinski definition) is 4. The number of fused-ring (bicyclic) bond motifs is 2. The van der Waals surface area contributed by atoms with Gasteiger partial charge < -0.3 is 15.2 Å². The molecule has 0 saturated carbocycles. The summed E-state index contributed by atoms with van der Waals surface area (Å²) in [6.45, 7) is 1.55. The van der Waals surface area contributed by atoms with Crippen molar-refractivity contribution in [2.24, 2.45) is 0 Å². The summed E-state index contributed by atoms with van der Waals surface area (Å²) in [4.78, 5) is 47.0. The number of aromatic nitrogens is 2. The van der Waals surface area contributed by atoms with Crippen LogP contribution in [0.4, 0.5) is 0 Å².